The first-order valence-corrected chi connectivity index (χ1v) is 12.9. The summed E-state index contributed by atoms with van der Waals surface area (Å²) in [7, 11) is 0. The molecule has 10 nitrogen and oxygen atoms in total. The number of piperazine rings is 1. The molecule has 208 valence electrons. The molecule has 0 radical (unpaired) electrons. The van der Waals surface area contributed by atoms with Crippen molar-refractivity contribution in [3.05, 3.63) is 66.2 Å². The number of benzene rings is 2. The summed E-state index contributed by atoms with van der Waals surface area (Å²) in [5.41, 5.74) is -0.857. The van der Waals surface area contributed by atoms with Gasteiger partial charge in [0.25, 0.3) is 0 Å². The predicted octanol–water partition coefficient (Wildman–Crippen LogP) is 4.22. The average Bonchev–Trinajstić information content (AvgIpc) is 3.44. The van der Waals surface area contributed by atoms with E-state index in [1.54, 1.807) is 9.47 Å². The maximum atomic E-state index is 16.2. The standard InChI is InChI=1S/C27H26ClF2N7O3/c1-4-21(39)36-11-16(3)37(12-15(36)2)26-17-10-18(28)22(23-19(29)6-5-7-20(23)38)24(30)25(17)33-27(34-26)40-9-8-35-13-31-32-14-35/h4-7,10,13-16,38H,1,8-9,11-12H2,2-3H3/t15-,16+/m1/s1. The van der Waals surface area contributed by atoms with Crippen LogP contribution >= 0.6 is 11.6 Å². The van der Waals surface area contributed by atoms with Crippen molar-refractivity contribution < 1.29 is 23.4 Å². The fraction of sp³-hybridized carbons (Fsp3) is 0.296. The van der Waals surface area contributed by atoms with E-state index in [1.807, 2.05) is 18.7 Å². The summed E-state index contributed by atoms with van der Waals surface area (Å²) in [6, 6.07) is 4.58. The van der Waals surface area contributed by atoms with Crippen molar-refractivity contribution in [2.75, 3.05) is 24.6 Å². The van der Waals surface area contributed by atoms with Crippen molar-refractivity contribution in [3.8, 4) is 22.9 Å². The lowest BCUT2D eigenvalue weighted by atomic mass is 10.0. The van der Waals surface area contributed by atoms with Crippen LogP contribution in [0.15, 0.2) is 49.6 Å². The van der Waals surface area contributed by atoms with Crippen LogP contribution in [0.2, 0.25) is 5.02 Å². The summed E-state index contributed by atoms with van der Waals surface area (Å²) < 4.78 is 38.5. The van der Waals surface area contributed by atoms with E-state index in [2.05, 4.69) is 26.7 Å². The van der Waals surface area contributed by atoms with Crippen LogP contribution in [0.3, 0.4) is 0 Å². The molecule has 1 fully saturated rings. The lowest BCUT2D eigenvalue weighted by molar-refractivity contribution is -0.128. The van der Waals surface area contributed by atoms with E-state index in [4.69, 9.17) is 16.3 Å². The zero-order valence-corrected chi connectivity index (χ0v) is 22.5. The topological polar surface area (TPSA) is 110 Å². The Morgan fingerprint density at radius 3 is 2.62 bits per heavy atom. The molecule has 5 rings (SSSR count). The number of aromatic hydroxyl groups is 1. The fourth-order valence-electron chi connectivity index (χ4n) is 4.86. The smallest absolute Gasteiger partial charge is 0.319 e. The first-order chi connectivity index (χ1) is 19.2. The molecule has 4 aromatic rings. The molecule has 1 saturated heterocycles. The van der Waals surface area contributed by atoms with Gasteiger partial charge < -0.3 is 24.2 Å². The van der Waals surface area contributed by atoms with Crippen LogP contribution < -0.4 is 9.64 Å². The number of hydrogen-bond acceptors (Lipinski definition) is 8. The number of rotatable bonds is 7. The third kappa shape index (κ3) is 5.02. The number of phenols is 1. The molecule has 2 aromatic carbocycles. The van der Waals surface area contributed by atoms with Crippen LogP contribution in [-0.2, 0) is 11.3 Å². The number of aromatic nitrogens is 5. The third-order valence-electron chi connectivity index (χ3n) is 6.85. The monoisotopic (exact) mass is 569 g/mol. The number of nitrogens with zero attached hydrogens (tertiary/aromatic N) is 7. The van der Waals surface area contributed by atoms with E-state index in [0.29, 0.717) is 25.5 Å². The van der Waals surface area contributed by atoms with Gasteiger partial charge in [-0.3, -0.25) is 4.79 Å². The van der Waals surface area contributed by atoms with Gasteiger partial charge in [0.2, 0.25) is 5.91 Å². The highest BCUT2D eigenvalue weighted by molar-refractivity contribution is 6.34. The first-order valence-electron chi connectivity index (χ1n) is 12.5. The van der Waals surface area contributed by atoms with Crippen LogP contribution in [-0.4, -0.2) is 72.4 Å². The van der Waals surface area contributed by atoms with E-state index < -0.39 is 17.4 Å². The fourth-order valence-corrected chi connectivity index (χ4v) is 5.15. The summed E-state index contributed by atoms with van der Waals surface area (Å²) in [5, 5.41) is 18.0. The van der Waals surface area contributed by atoms with Crippen molar-refractivity contribution in [1.29, 1.82) is 0 Å². The zero-order chi connectivity index (χ0) is 28.6. The molecular weight excluding hydrogens is 544 g/mol. The Morgan fingerprint density at radius 2 is 1.93 bits per heavy atom. The number of fused-ring (bicyclic) bond motifs is 1. The Kier molecular flexibility index (Phi) is 7.53. The predicted molar refractivity (Wildman–Crippen MR) is 145 cm³/mol. The highest BCUT2D eigenvalue weighted by atomic mass is 35.5. The summed E-state index contributed by atoms with van der Waals surface area (Å²) in [6.07, 6.45) is 4.32. The molecular formula is C27H26ClF2N7O3. The Hall–Kier alpha value is -4.32. The minimum Gasteiger partial charge on any atom is -0.507 e. The second kappa shape index (κ2) is 11.0. The van der Waals surface area contributed by atoms with Crippen LogP contribution in [0, 0.1) is 11.6 Å². The number of phenolic OH excluding ortho intramolecular Hbond substituents is 1. The molecule has 1 aliphatic heterocycles. The van der Waals surface area contributed by atoms with Crippen molar-refractivity contribution in [3.63, 3.8) is 0 Å². The van der Waals surface area contributed by atoms with Gasteiger partial charge >= 0.3 is 6.01 Å². The van der Waals surface area contributed by atoms with Gasteiger partial charge in [0, 0.05) is 36.1 Å². The van der Waals surface area contributed by atoms with Gasteiger partial charge in [-0.1, -0.05) is 24.2 Å². The molecule has 0 unspecified atom stereocenters. The van der Waals surface area contributed by atoms with Crippen molar-refractivity contribution in [2.24, 2.45) is 0 Å². The Morgan fingerprint density at radius 1 is 1.18 bits per heavy atom. The lowest BCUT2D eigenvalue weighted by Gasteiger charge is -2.44. The van der Waals surface area contributed by atoms with Gasteiger partial charge in [0.1, 0.15) is 42.2 Å². The molecule has 3 heterocycles. The number of carbonyl (C=O) groups excluding carboxylic acids is 1. The molecule has 2 atom stereocenters. The summed E-state index contributed by atoms with van der Waals surface area (Å²) >= 11 is 6.53. The highest BCUT2D eigenvalue weighted by Gasteiger charge is 2.34. The van der Waals surface area contributed by atoms with E-state index in [0.717, 1.165) is 6.07 Å². The van der Waals surface area contributed by atoms with Crippen molar-refractivity contribution in [2.45, 2.75) is 32.5 Å². The maximum Gasteiger partial charge on any atom is 0.319 e. The SMILES string of the molecule is C=CC(=O)N1C[C@H](C)N(c2nc(OCCn3cnnc3)nc3c(F)c(-c4c(O)cccc4F)c(Cl)cc23)C[C@H]1C. The van der Waals surface area contributed by atoms with Crippen molar-refractivity contribution in [1.82, 2.24) is 29.6 Å². The van der Waals surface area contributed by atoms with Crippen molar-refractivity contribution >= 4 is 34.2 Å². The second-order valence-electron chi connectivity index (χ2n) is 9.50. The van der Waals surface area contributed by atoms with Gasteiger partial charge in [0.15, 0.2) is 5.82 Å². The molecule has 40 heavy (non-hydrogen) atoms. The summed E-state index contributed by atoms with van der Waals surface area (Å²) in [5.74, 6) is -2.08. The lowest BCUT2D eigenvalue weighted by Crippen LogP contribution is -2.58. The zero-order valence-electron chi connectivity index (χ0n) is 21.8. The number of halogens is 3. The normalized spacial score (nSPS) is 17.3. The number of ether oxygens (including phenoxy) is 1. The quantitative estimate of drug-likeness (QED) is 0.330. The number of amides is 1. The molecule has 0 bridgehead atoms. The molecule has 2 aromatic heterocycles. The van der Waals surface area contributed by atoms with E-state index >= 15 is 4.39 Å². The van der Waals surface area contributed by atoms with Crippen LogP contribution in [0.1, 0.15) is 13.8 Å². The molecule has 1 N–H and O–H groups in total. The number of anilines is 1. The van der Waals surface area contributed by atoms with Crippen LogP contribution in [0.25, 0.3) is 22.0 Å². The maximum absolute atomic E-state index is 16.2. The molecule has 1 amide bonds. The van der Waals surface area contributed by atoms with Gasteiger partial charge in [-0.2, -0.15) is 9.97 Å². The van der Waals surface area contributed by atoms with Gasteiger partial charge in [-0.15, -0.1) is 10.2 Å². The highest BCUT2D eigenvalue weighted by Crippen LogP contribution is 2.43. The van der Waals surface area contributed by atoms with Gasteiger partial charge in [-0.25, -0.2) is 8.78 Å². The Balaban J connectivity index is 1.63. The molecule has 1 aliphatic rings. The minimum absolute atomic E-state index is 0.107. The molecule has 13 heteroatoms. The average molecular weight is 570 g/mol. The largest absolute Gasteiger partial charge is 0.507 e. The van der Waals surface area contributed by atoms with Crippen LogP contribution in [0.4, 0.5) is 14.6 Å². The summed E-state index contributed by atoms with van der Waals surface area (Å²) in [6.45, 7) is 8.66. The molecule has 0 saturated carbocycles. The third-order valence-corrected chi connectivity index (χ3v) is 7.14. The number of carbonyl (C=O) groups is 1. The molecule has 0 aliphatic carbocycles. The van der Waals surface area contributed by atoms with Crippen LogP contribution in [0.5, 0.6) is 11.8 Å². The van der Waals surface area contributed by atoms with Gasteiger partial charge in [0.05, 0.1) is 17.1 Å². The first kappa shape index (κ1) is 27.3. The molecule has 0 spiro atoms. The van der Waals surface area contributed by atoms with E-state index in [9.17, 15) is 14.3 Å². The van der Waals surface area contributed by atoms with E-state index in [1.165, 1.54) is 36.9 Å². The minimum atomic E-state index is -0.934. The van der Waals surface area contributed by atoms with E-state index in [-0.39, 0.29) is 57.7 Å². The Labute approximate surface area is 233 Å². The second-order valence-corrected chi connectivity index (χ2v) is 9.91. The summed E-state index contributed by atoms with van der Waals surface area (Å²) in [4.78, 5) is 25.0. The Bertz CT molecular complexity index is 1560. The van der Waals surface area contributed by atoms with Gasteiger partial charge in [-0.05, 0) is 38.1 Å². The number of hydrogen-bond donors (Lipinski definition) is 1.